The standard InChI is InChI=1S/C6H11O3/c1-3-4-8-6(2)9-5-7/h6H,3-4H2,1-2H3. The predicted molar refractivity (Wildman–Crippen MR) is 32.5 cm³/mol. The molecular formula is C6H11O3. The van der Waals surface area contributed by atoms with Crippen molar-refractivity contribution in [2.24, 2.45) is 0 Å². The molecule has 0 bridgehead atoms. The van der Waals surface area contributed by atoms with Gasteiger partial charge in [0.25, 0.3) is 0 Å². The van der Waals surface area contributed by atoms with Crippen LogP contribution < -0.4 is 0 Å². The van der Waals surface area contributed by atoms with E-state index >= 15 is 0 Å². The first-order chi connectivity index (χ1) is 4.31. The molecule has 0 fully saturated rings. The van der Waals surface area contributed by atoms with E-state index in [0.717, 1.165) is 6.42 Å². The Kier molecular flexibility index (Phi) is 5.21. The van der Waals surface area contributed by atoms with E-state index < -0.39 is 6.29 Å². The molecule has 0 aromatic rings. The Morgan fingerprint density at radius 3 is 2.78 bits per heavy atom. The predicted octanol–water partition coefficient (Wildman–Crippen LogP) is 0.843. The zero-order valence-electron chi connectivity index (χ0n) is 5.72. The zero-order valence-corrected chi connectivity index (χ0v) is 5.72. The van der Waals surface area contributed by atoms with Gasteiger partial charge < -0.3 is 9.47 Å². The lowest BCUT2D eigenvalue weighted by Crippen LogP contribution is -2.11. The van der Waals surface area contributed by atoms with Gasteiger partial charge >= 0.3 is 6.47 Å². The van der Waals surface area contributed by atoms with Gasteiger partial charge in [-0.3, -0.25) is 0 Å². The minimum Gasteiger partial charge on any atom is -0.428 e. The first kappa shape index (κ1) is 8.43. The van der Waals surface area contributed by atoms with Crippen molar-refractivity contribution in [2.45, 2.75) is 26.6 Å². The molecule has 0 aromatic carbocycles. The highest BCUT2D eigenvalue weighted by Crippen LogP contribution is 1.91. The molecule has 3 heteroatoms. The molecule has 0 heterocycles. The Balaban J connectivity index is 3.04. The van der Waals surface area contributed by atoms with Crippen LogP contribution in [0.2, 0.25) is 0 Å². The molecule has 1 atom stereocenters. The monoisotopic (exact) mass is 131 g/mol. The summed E-state index contributed by atoms with van der Waals surface area (Å²) in [7, 11) is 0. The van der Waals surface area contributed by atoms with Gasteiger partial charge in [0.15, 0.2) is 0 Å². The van der Waals surface area contributed by atoms with E-state index in [0.29, 0.717) is 6.61 Å². The summed E-state index contributed by atoms with van der Waals surface area (Å²) in [5.74, 6) is 0. The van der Waals surface area contributed by atoms with Crippen molar-refractivity contribution in [3.63, 3.8) is 0 Å². The molecule has 0 aliphatic rings. The largest absolute Gasteiger partial charge is 0.428 e. The van der Waals surface area contributed by atoms with Crippen LogP contribution in [0.3, 0.4) is 0 Å². The van der Waals surface area contributed by atoms with Crippen molar-refractivity contribution in [1.82, 2.24) is 0 Å². The molecule has 1 radical (unpaired) electrons. The first-order valence-corrected chi connectivity index (χ1v) is 2.95. The van der Waals surface area contributed by atoms with Crippen LogP contribution in [-0.4, -0.2) is 19.4 Å². The molecule has 0 aliphatic heterocycles. The summed E-state index contributed by atoms with van der Waals surface area (Å²) < 4.78 is 9.26. The molecule has 0 rings (SSSR count). The third-order valence-corrected chi connectivity index (χ3v) is 0.771. The lowest BCUT2D eigenvalue weighted by Gasteiger charge is -2.07. The average Bonchev–Trinajstić information content (AvgIpc) is 1.85. The highest BCUT2D eigenvalue weighted by molar-refractivity contribution is 5.38. The maximum atomic E-state index is 9.55. The molecule has 0 saturated heterocycles. The number of hydrogen-bond acceptors (Lipinski definition) is 3. The average molecular weight is 131 g/mol. The molecule has 3 nitrogen and oxygen atoms in total. The van der Waals surface area contributed by atoms with Gasteiger partial charge in [-0.15, -0.1) is 0 Å². The molecular weight excluding hydrogens is 120 g/mol. The Morgan fingerprint density at radius 1 is 1.67 bits per heavy atom. The van der Waals surface area contributed by atoms with Crippen molar-refractivity contribution in [3.8, 4) is 0 Å². The molecule has 0 amide bonds. The van der Waals surface area contributed by atoms with E-state index in [9.17, 15) is 4.79 Å². The number of carbonyl (C=O) groups excluding carboxylic acids is 1. The summed E-state index contributed by atoms with van der Waals surface area (Å²) in [6.45, 7) is 5.55. The smallest absolute Gasteiger partial charge is 0.419 e. The van der Waals surface area contributed by atoms with Crippen LogP contribution in [-0.2, 0) is 14.3 Å². The van der Waals surface area contributed by atoms with E-state index in [1.54, 1.807) is 6.92 Å². The fraction of sp³-hybridized carbons (Fsp3) is 0.833. The minimum atomic E-state index is -0.456. The van der Waals surface area contributed by atoms with Gasteiger partial charge in [-0.05, 0) is 13.3 Å². The van der Waals surface area contributed by atoms with Crippen molar-refractivity contribution >= 4 is 6.47 Å². The molecule has 1 unspecified atom stereocenters. The second-order valence-electron chi connectivity index (χ2n) is 1.64. The minimum absolute atomic E-state index is 0.456. The summed E-state index contributed by atoms with van der Waals surface area (Å²) in [5, 5.41) is 0. The Labute approximate surface area is 55.0 Å². The van der Waals surface area contributed by atoms with Gasteiger partial charge in [0.05, 0.1) is 6.61 Å². The Hall–Kier alpha value is -0.570. The lowest BCUT2D eigenvalue weighted by molar-refractivity contribution is -0.0753. The van der Waals surface area contributed by atoms with Gasteiger partial charge in [0.2, 0.25) is 6.29 Å². The lowest BCUT2D eigenvalue weighted by atomic mass is 10.5. The molecule has 0 saturated carbocycles. The summed E-state index contributed by atoms with van der Waals surface area (Å²) in [5.41, 5.74) is 0. The first-order valence-electron chi connectivity index (χ1n) is 2.95. The van der Waals surface area contributed by atoms with Crippen LogP contribution in [0.15, 0.2) is 0 Å². The van der Waals surface area contributed by atoms with Crippen molar-refractivity contribution < 1.29 is 14.3 Å². The molecule has 9 heavy (non-hydrogen) atoms. The van der Waals surface area contributed by atoms with Crippen LogP contribution in [0.5, 0.6) is 0 Å². The van der Waals surface area contributed by atoms with Crippen LogP contribution in [0.4, 0.5) is 0 Å². The Morgan fingerprint density at radius 2 is 2.33 bits per heavy atom. The molecule has 0 N–H and O–H groups in total. The maximum Gasteiger partial charge on any atom is 0.419 e. The second-order valence-corrected chi connectivity index (χ2v) is 1.64. The summed E-state index contributed by atoms with van der Waals surface area (Å²) in [4.78, 5) is 9.55. The van der Waals surface area contributed by atoms with Gasteiger partial charge in [0.1, 0.15) is 0 Å². The summed E-state index contributed by atoms with van der Waals surface area (Å²) >= 11 is 0. The van der Waals surface area contributed by atoms with Gasteiger partial charge in [0, 0.05) is 0 Å². The normalized spacial score (nSPS) is 12.7. The van der Waals surface area contributed by atoms with Crippen molar-refractivity contribution in [1.29, 1.82) is 0 Å². The molecule has 53 valence electrons. The van der Waals surface area contributed by atoms with E-state index in [2.05, 4.69) is 4.74 Å². The molecule has 0 aromatic heterocycles. The van der Waals surface area contributed by atoms with E-state index in [4.69, 9.17) is 4.74 Å². The van der Waals surface area contributed by atoms with Crippen LogP contribution in [0.1, 0.15) is 20.3 Å². The van der Waals surface area contributed by atoms with Crippen molar-refractivity contribution in [3.05, 3.63) is 0 Å². The zero-order chi connectivity index (χ0) is 7.11. The molecule has 0 spiro atoms. The molecule has 0 aliphatic carbocycles. The SMILES string of the molecule is CCCOC(C)O[C]=O. The van der Waals surface area contributed by atoms with Gasteiger partial charge in [-0.25, -0.2) is 4.79 Å². The van der Waals surface area contributed by atoms with E-state index in [1.807, 2.05) is 6.92 Å². The van der Waals surface area contributed by atoms with E-state index in [1.165, 1.54) is 6.47 Å². The third kappa shape index (κ3) is 5.30. The van der Waals surface area contributed by atoms with Crippen LogP contribution in [0, 0.1) is 0 Å². The van der Waals surface area contributed by atoms with E-state index in [-0.39, 0.29) is 0 Å². The Bertz CT molecular complexity index is 72.7. The van der Waals surface area contributed by atoms with Crippen LogP contribution >= 0.6 is 0 Å². The quantitative estimate of drug-likeness (QED) is 0.519. The third-order valence-electron chi connectivity index (χ3n) is 0.771. The number of ether oxygens (including phenoxy) is 2. The topological polar surface area (TPSA) is 35.5 Å². The fourth-order valence-corrected chi connectivity index (χ4v) is 0.386. The number of hydrogen-bond donors (Lipinski definition) is 0. The number of rotatable bonds is 5. The summed E-state index contributed by atoms with van der Waals surface area (Å²) in [6, 6.07) is 0. The fourth-order valence-electron chi connectivity index (χ4n) is 0.386. The highest BCUT2D eigenvalue weighted by atomic mass is 16.7. The summed E-state index contributed by atoms with van der Waals surface area (Å²) in [6.07, 6.45) is 0.467. The highest BCUT2D eigenvalue weighted by Gasteiger charge is 1.98. The van der Waals surface area contributed by atoms with Gasteiger partial charge in [-0.1, -0.05) is 6.92 Å². The second kappa shape index (κ2) is 5.56. The van der Waals surface area contributed by atoms with Gasteiger partial charge in [-0.2, -0.15) is 0 Å². The van der Waals surface area contributed by atoms with Crippen LogP contribution in [0.25, 0.3) is 0 Å². The maximum absolute atomic E-state index is 9.55. The van der Waals surface area contributed by atoms with Crippen molar-refractivity contribution in [2.75, 3.05) is 6.61 Å².